The van der Waals surface area contributed by atoms with E-state index >= 15 is 0 Å². The zero-order valence-electron chi connectivity index (χ0n) is 19.7. The van der Waals surface area contributed by atoms with Gasteiger partial charge in [0.05, 0.1) is 5.41 Å². The van der Waals surface area contributed by atoms with E-state index in [-0.39, 0.29) is 16.7 Å². The van der Waals surface area contributed by atoms with Gasteiger partial charge in [0, 0.05) is 5.92 Å². The molecule has 0 heteroatoms. The summed E-state index contributed by atoms with van der Waals surface area (Å²) in [6.07, 6.45) is 7.04. The third kappa shape index (κ3) is 3.81. The van der Waals surface area contributed by atoms with E-state index in [2.05, 4.69) is 133 Å². The lowest BCUT2D eigenvalue weighted by Crippen LogP contribution is -2.40. The Bertz CT molecular complexity index is 1040. The van der Waals surface area contributed by atoms with Crippen LogP contribution in [0.3, 0.4) is 0 Å². The largest absolute Gasteiger partial charge is 0.0757 e. The number of benzene rings is 3. The Labute approximate surface area is 188 Å². The third-order valence-corrected chi connectivity index (χ3v) is 6.67. The van der Waals surface area contributed by atoms with Crippen molar-refractivity contribution in [3.05, 3.63) is 130 Å². The number of hydrogen-bond acceptors (Lipinski definition) is 0. The standard InChI is InChI=1S/C31H34/c1-22-11-7-14-25(19-22)31(26-15-8-12-23(2)20-26,27-16-9-13-24(3)21-27)29-18-10-17-28(29)30(4,5)6/h7-21,29H,1-6H3. The molecule has 4 rings (SSSR count). The van der Waals surface area contributed by atoms with E-state index in [1.165, 1.54) is 39.0 Å². The molecule has 0 fully saturated rings. The van der Waals surface area contributed by atoms with Crippen LogP contribution in [0.25, 0.3) is 0 Å². The average Bonchev–Trinajstić information content (AvgIpc) is 3.20. The molecule has 0 radical (unpaired) electrons. The fourth-order valence-electron chi connectivity index (χ4n) is 5.28. The average molecular weight is 407 g/mol. The van der Waals surface area contributed by atoms with Crippen molar-refractivity contribution in [2.24, 2.45) is 11.3 Å². The predicted octanol–water partition coefficient (Wildman–Crippen LogP) is 8.10. The SMILES string of the molecule is Cc1cccc(C(c2cccc(C)c2)(c2cccc(C)c2)C2C=CC=C2C(C)(C)C)c1. The molecule has 0 nitrogen and oxygen atoms in total. The smallest absolute Gasteiger partial charge is 0.0551 e. The van der Waals surface area contributed by atoms with Crippen molar-refractivity contribution in [1.29, 1.82) is 0 Å². The van der Waals surface area contributed by atoms with Crippen LogP contribution >= 0.6 is 0 Å². The Morgan fingerprint density at radius 3 is 1.39 bits per heavy atom. The number of rotatable bonds is 4. The van der Waals surface area contributed by atoms with Crippen LogP contribution in [0.15, 0.2) is 96.6 Å². The van der Waals surface area contributed by atoms with Gasteiger partial charge in [0.25, 0.3) is 0 Å². The van der Waals surface area contributed by atoms with Gasteiger partial charge in [-0.1, -0.05) is 134 Å². The molecule has 0 amide bonds. The molecule has 3 aromatic rings. The zero-order chi connectivity index (χ0) is 22.2. The first-order chi connectivity index (χ1) is 14.7. The highest BCUT2D eigenvalue weighted by Gasteiger charge is 2.47. The van der Waals surface area contributed by atoms with E-state index in [4.69, 9.17) is 0 Å². The van der Waals surface area contributed by atoms with Crippen molar-refractivity contribution in [3.8, 4) is 0 Å². The van der Waals surface area contributed by atoms with E-state index in [1.54, 1.807) is 0 Å². The van der Waals surface area contributed by atoms with Crippen LogP contribution in [-0.4, -0.2) is 0 Å². The molecule has 1 unspecified atom stereocenters. The molecular formula is C31H34. The van der Waals surface area contributed by atoms with Crippen molar-refractivity contribution in [2.45, 2.75) is 47.0 Å². The molecule has 1 aliphatic rings. The molecule has 0 spiro atoms. The molecular weight excluding hydrogens is 372 g/mol. The highest BCUT2D eigenvalue weighted by Crippen LogP contribution is 2.53. The Kier molecular flexibility index (Phi) is 5.52. The topological polar surface area (TPSA) is 0 Å². The highest BCUT2D eigenvalue weighted by atomic mass is 14.5. The summed E-state index contributed by atoms with van der Waals surface area (Å²) in [5.74, 6) is 0.248. The summed E-state index contributed by atoms with van der Waals surface area (Å²) in [6.45, 7) is 13.6. The van der Waals surface area contributed by atoms with E-state index in [0.717, 1.165) is 0 Å². The van der Waals surface area contributed by atoms with Gasteiger partial charge in [-0.25, -0.2) is 0 Å². The molecule has 1 aliphatic carbocycles. The summed E-state index contributed by atoms with van der Waals surface area (Å²) in [6, 6.07) is 27.4. The molecule has 31 heavy (non-hydrogen) atoms. The first-order valence-electron chi connectivity index (χ1n) is 11.3. The lowest BCUT2D eigenvalue weighted by Gasteiger charge is -2.45. The normalized spacial score (nSPS) is 16.5. The van der Waals surface area contributed by atoms with Crippen molar-refractivity contribution < 1.29 is 0 Å². The summed E-state index contributed by atoms with van der Waals surface area (Å²) in [7, 11) is 0. The first kappa shape index (κ1) is 21.4. The number of allylic oxidation sites excluding steroid dienone is 4. The minimum Gasteiger partial charge on any atom is -0.0757 e. The number of aryl methyl sites for hydroxylation is 3. The van der Waals surface area contributed by atoms with Gasteiger partial charge in [-0.15, -0.1) is 0 Å². The Morgan fingerprint density at radius 2 is 1.03 bits per heavy atom. The molecule has 1 atom stereocenters. The quantitative estimate of drug-likeness (QED) is 0.384. The van der Waals surface area contributed by atoms with Gasteiger partial charge in [-0.05, 0) is 42.9 Å². The molecule has 158 valence electrons. The highest BCUT2D eigenvalue weighted by molar-refractivity contribution is 5.58. The lowest BCUT2D eigenvalue weighted by atomic mass is 9.57. The minimum absolute atomic E-state index is 0.0802. The molecule has 0 aromatic heterocycles. The monoisotopic (exact) mass is 406 g/mol. The summed E-state index contributed by atoms with van der Waals surface area (Å²) < 4.78 is 0. The Balaban J connectivity index is 2.15. The zero-order valence-corrected chi connectivity index (χ0v) is 19.7. The second kappa shape index (κ2) is 8.00. The second-order valence-electron chi connectivity index (χ2n) is 10.2. The Morgan fingerprint density at radius 1 is 0.613 bits per heavy atom. The van der Waals surface area contributed by atoms with Crippen molar-refractivity contribution >= 4 is 0 Å². The predicted molar refractivity (Wildman–Crippen MR) is 134 cm³/mol. The van der Waals surface area contributed by atoms with Gasteiger partial charge in [-0.2, -0.15) is 0 Å². The van der Waals surface area contributed by atoms with Gasteiger partial charge in [0.15, 0.2) is 0 Å². The van der Waals surface area contributed by atoms with Crippen LogP contribution in [-0.2, 0) is 5.41 Å². The third-order valence-electron chi connectivity index (χ3n) is 6.67. The van der Waals surface area contributed by atoms with Gasteiger partial charge < -0.3 is 0 Å². The van der Waals surface area contributed by atoms with E-state index in [0.29, 0.717) is 0 Å². The summed E-state index contributed by atoms with van der Waals surface area (Å²) in [5, 5.41) is 0. The molecule has 0 saturated carbocycles. The fourth-order valence-corrected chi connectivity index (χ4v) is 5.28. The second-order valence-corrected chi connectivity index (χ2v) is 10.2. The van der Waals surface area contributed by atoms with E-state index in [1.807, 2.05) is 0 Å². The van der Waals surface area contributed by atoms with Gasteiger partial charge in [0.1, 0.15) is 0 Å². The van der Waals surface area contributed by atoms with E-state index in [9.17, 15) is 0 Å². The van der Waals surface area contributed by atoms with Crippen molar-refractivity contribution in [3.63, 3.8) is 0 Å². The lowest BCUT2D eigenvalue weighted by molar-refractivity contribution is 0.396. The molecule has 0 N–H and O–H groups in total. The van der Waals surface area contributed by atoms with Crippen LogP contribution < -0.4 is 0 Å². The fraction of sp³-hybridized carbons (Fsp3) is 0.290. The van der Waals surface area contributed by atoms with Crippen LogP contribution in [0.2, 0.25) is 0 Å². The summed E-state index contributed by atoms with van der Waals surface area (Å²) in [5.41, 5.74) is 9.23. The molecule has 0 aliphatic heterocycles. The first-order valence-corrected chi connectivity index (χ1v) is 11.3. The minimum atomic E-state index is -0.295. The maximum atomic E-state index is 2.42. The van der Waals surface area contributed by atoms with Crippen molar-refractivity contribution in [1.82, 2.24) is 0 Å². The van der Waals surface area contributed by atoms with Crippen molar-refractivity contribution in [2.75, 3.05) is 0 Å². The molecule has 0 saturated heterocycles. The van der Waals surface area contributed by atoms with Crippen LogP contribution in [0.5, 0.6) is 0 Å². The van der Waals surface area contributed by atoms with Gasteiger partial charge in [0.2, 0.25) is 0 Å². The van der Waals surface area contributed by atoms with Gasteiger partial charge >= 0.3 is 0 Å². The van der Waals surface area contributed by atoms with Crippen LogP contribution in [0.4, 0.5) is 0 Å². The maximum absolute atomic E-state index is 2.42. The van der Waals surface area contributed by atoms with Gasteiger partial charge in [-0.3, -0.25) is 0 Å². The van der Waals surface area contributed by atoms with Crippen LogP contribution in [0.1, 0.15) is 54.2 Å². The van der Waals surface area contributed by atoms with Crippen LogP contribution in [0, 0.1) is 32.1 Å². The molecule has 3 aromatic carbocycles. The summed E-state index contributed by atoms with van der Waals surface area (Å²) in [4.78, 5) is 0. The summed E-state index contributed by atoms with van der Waals surface area (Å²) >= 11 is 0. The Hall–Kier alpha value is -2.86. The number of hydrogen-bond donors (Lipinski definition) is 0. The van der Waals surface area contributed by atoms with E-state index < -0.39 is 0 Å². The maximum Gasteiger partial charge on any atom is 0.0551 e. The molecule has 0 heterocycles. The molecule has 0 bridgehead atoms.